The van der Waals surface area contributed by atoms with Gasteiger partial charge < -0.3 is 24.8 Å². The topological polar surface area (TPSA) is 64.1 Å². The first-order chi connectivity index (χ1) is 14.7. The summed E-state index contributed by atoms with van der Waals surface area (Å²) < 4.78 is 17.1. The van der Waals surface area contributed by atoms with Crippen LogP contribution in [0, 0.1) is 6.92 Å². The van der Waals surface area contributed by atoms with E-state index < -0.39 is 0 Å². The van der Waals surface area contributed by atoms with E-state index in [0.29, 0.717) is 26.3 Å². The Labute approximate surface area is 202 Å². The number of nitrogens with zero attached hydrogens (tertiary/aromatic N) is 1. The molecule has 1 fully saturated rings. The molecule has 7 heteroatoms. The molecule has 1 saturated heterocycles. The van der Waals surface area contributed by atoms with Gasteiger partial charge in [0.05, 0.1) is 19.8 Å². The molecular weight excluding hydrogens is 505 g/mol. The van der Waals surface area contributed by atoms with Crippen LogP contribution in [0.25, 0.3) is 0 Å². The lowest BCUT2D eigenvalue weighted by molar-refractivity contribution is 0.134. The van der Waals surface area contributed by atoms with Crippen molar-refractivity contribution in [3.8, 4) is 5.75 Å². The highest BCUT2D eigenvalue weighted by Crippen LogP contribution is 2.23. The van der Waals surface area contributed by atoms with Crippen LogP contribution in [0.5, 0.6) is 5.75 Å². The highest BCUT2D eigenvalue weighted by molar-refractivity contribution is 14.0. The molecule has 1 aliphatic heterocycles. The molecule has 1 atom stereocenters. The number of aliphatic imine (C=N–C) groups is 1. The third kappa shape index (κ3) is 8.31. The largest absolute Gasteiger partial charge is 0.488 e. The molecule has 0 saturated carbocycles. The highest BCUT2D eigenvalue weighted by atomic mass is 127. The smallest absolute Gasteiger partial charge is 0.191 e. The minimum atomic E-state index is 0. The Kier molecular flexibility index (Phi) is 11.1. The van der Waals surface area contributed by atoms with Crippen molar-refractivity contribution in [2.24, 2.45) is 4.99 Å². The van der Waals surface area contributed by atoms with Gasteiger partial charge in [0.2, 0.25) is 0 Å². The van der Waals surface area contributed by atoms with Crippen molar-refractivity contribution in [3.05, 3.63) is 64.7 Å². The van der Waals surface area contributed by atoms with Gasteiger partial charge in [-0.3, -0.25) is 4.99 Å². The van der Waals surface area contributed by atoms with Crippen LogP contribution in [0.3, 0.4) is 0 Å². The number of halogens is 1. The van der Waals surface area contributed by atoms with Crippen molar-refractivity contribution in [3.63, 3.8) is 0 Å². The second-order valence-corrected chi connectivity index (χ2v) is 7.45. The standard InChI is InChI=1S/C24H33N3O3.HI/c1-4-28-16-20-8-6-19(7-9-20)14-26-24(25-3)27-15-21-10-5-18(2)13-23(21)30-22-11-12-29-17-22;/h5-10,13,22H,4,11-12,14-17H2,1-3H3,(H2,25,26,27);1H. The summed E-state index contributed by atoms with van der Waals surface area (Å²) in [5.74, 6) is 1.67. The molecule has 1 aliphatic rings. The minimum Gasteiger partial charge on any atom is -0.488 e. The molecule has 2 aromatic carbocycles. The van der Waals surface area contributed by atoms with E-state index in [0.717, 1.165) is 36.9 Å². The van der Waals surface area contributed by atoms with Gasteiger partial charge in [-0.15, -0.1) is 24.0 Å². The van der Waals surface area contributed by atoms with Crippen LogP contribution in [0.1, 0.15) is 35.6 Å². The number of hydrogen-bond donors (Lipinski definition) is 2. The van der Waals surface area contributed by atoms with Gasteiger partial charge in [-0.1, -0.05) is 36.4 Å². The fraction of sp³-hybridized carbons (Fsp3) is 0.458. The first-order valence-electron chi connectivity index (χ1n) is 10.6. The third-order valence-electron chi connectivity index (χ3n) is 5.03. The maximum atomic E-state index is 6.19. The van der Waals surface area contributed by atoms with Crippen molar-refractivity contribution in [1.29, 1.82) is 0 Å². The van der Waals surface area contributed by atoms with Crippen molar-refractivity contribution >= 4 is 29.9 Å². The van der Waals surface area contributed by atoms with Crippen LogP contribution in [0.2, 0.25) is 0 Å². The van der Waals surface area contributed by atoms with Gasteiger partial charge in [0, 0.05) is 38.7 Å². The van der Waals surface area contributed by atoms with Gasteiger partial charge in [-0.2, -0.15) is 0 Å². The van der Waals surface area contributed by atoms with E-state index in [9.17, 15) is 0 Å². The van der Waals surface area contributed by atoms with Gasteiger partial charge >= 0.3 is 0 Å². The van der Waals surface area contributed by atoms with Crippen LogP contribution in [0.15, 0.2) is 47.5 Å². The monoisotopic (exact) mass is 539 g/mol. The fourth-order valence-corrected chi connectivity index (χ4v) is 3.26. The van der Waals surface area contributed by atoms with Crippen LogP contribution in [-0.4, -0.2) is 38.9 Å². The summed E-state index contributed by atoms with van der Waals surface area (Å²) in [6.07, 6.45) is 1.07. The van der Waals surface area contributed by atoms with E-state index in [1.54, 1.807) is 7.05 Å². The predicted octanol–water partition coefficient (Wildman–Crippen LogP) is 4.18. The Morgan fingerprint density at radius 1 is 1.10 bits per heavy atom. The molecule has 1 unspecified atom stereocenters. The van der Waals surface area contributed by atoms with Crippen LogP contribution in [-0.2, 0) is 29.2 Å². The van der Waals surface area contributed by atoms with E-state index in [2.05, 4.69) is 65.0 Å². The lowest BCUT2D eigenvalue weighted by atomic mass is 10.1. The van der Waals surface area contributed by atoms with E-state index in [4.69, 9.17) is 14.2 Å². The van der Waals surface area contributed by atoms with Crippen molar-refractivity contribution < 1.29 is 14.2 Å². The van der Waals surface area contributed by atoms with Crippen molar-refractivity contribution in [2.45, 2.75) is 46.1 Å². The van der Waals surface area contributed by atoms with Crippen LogP contribution < -0.4 is 15.4 Å². The van der Waals surface area contributed by atoms with Gasteiger partial charge in [0.25, 0.3) is 0 Å². The minimum absolute atomic E-state index is 0. The fourth-order valence-electron chi connectivity index (χ4n) is 3.26. The molecular formula is C24H34IN3O3. The van der Waals surface area contributed by atoms with Crippen LogP contribution in [0.4, 0.5) is 0 Å². The summed E-state index contributed by atoms with van der Waals surface area (Å²) in [6.45, 7) is 8.23. The van der Waals surface area contributed by atoms with Gasteiger partial charge in [-0.05, 0) is 36.6 Å². The Balaban J connectivity index is 0.00000341. The number of benzene rings is 2. The summed E-state index contributed by atoms with van der Waals surface area (Å²) in [5, 5.41) is 6.76. The molecule has 0 amide bonds. The molecule has 2 aromatic rings. The van der Waals surface area contributed by atoms with Crippen molar-refractivity contribution in [2.75, 3.05) is 26.9 Å². The zero-order chi connectivity index (χ0) is 21.2. The molecule has 0 bridgehead atoms. The van der Waals surface area contributed by atoms with E-state index >= 15 is 0 Å². The summed E-state index contributed by atoms with van der Waals surface area (Å²) in [6, 6.07) is 14.7. The number of aryl methyl sites for hydroxylation is 1. The second-order valence-electron chi connectivity index (χ2n) is 7.45. The second kappa shape index (κ2) is 13.5. The van der Waals surface area contributed by atoms with Crippen LogP contribution >= 0.6 is 24.0 Å². The zero-order valence-electron chi connectivity index (χ0n) is 18.6. The first-order valence-corrected chi connectivity index (χ1v) is 10.6. The highest BCUT2D eigenvalue weighted by Gasteiger charge is 2.18. The van der Waals surface area contributed by atoms with E-state index in [1.165, 1.54) is 16.7 Å². The average molecular weight is 539 g/mol. The molecule has 0 aliphatic carbocycles. The Morgan fingerprint density at radius 2 is 1.84 bits per heavy atom. The molecule has 0 aromatic heterocycles. The molecule has 0 spiro atoms. The molecule has 0 radical (unpaired) electrons. The van der Waals surface area contributed by atoms with Gasteiger partial charge in [-0.25, -0.2) is 0 Å². The van der Waals surface area contributed by atoms with Crippen molar-refractivity contribution in [1.82, 2.24) is 10.6 Å². The predicted molar refractivity (Wildman–Crippen MR) is 135 cm³/mol. The average Bonchev–Trinajstić information content (AvgIpc) is 3.27. The Bertz CT molecular complexity index is 821. The van der Waals surface area contributed by atoms with Gasteiger partial charge in [0.1, 0.15) is 11.9 Å². The van der Waals surface area contributed by atoms with E-state index in [1.807, 2.05) is 6.92 Å². The third-order valence-corrected chi connectivity index (χ3v) is 5.03. The number of hydrogen-bond acceptors (Lipinski definition) is 4. The molecule has 6 nitrogen and oxygen atoms in total. The maximum absolute atomic E-state index is 6.19. The first kappa shape index (κ1) is 25.4. The SMILES string of the molecule is CCOCc1ccc(CNC(=NC)NCc2ccc(C)cc2OC2CCOC2)cc1.I. The van der Waals surface area contributed by atoms with Gasteiger partial charge in [0.15, 0.2) is 5.96 Å². The lowest BCUT2D eigenvalue weighted by Crippen LogP contribution is -2.36. The Hall–Kier alpha value is -1.84. The number of guanidine groups is 1. The lowest BCUT2D eigenvalue weighted by Gasteiger charge is -2.18. The summed E-state index contributed by atoms with van der Waals surface area (Å²) >= 11 is 0. The number of ether oxygens (including phenoxy) is 3. The number of rotatable bonds is 9. The zero-order valence-corrected chi connectivity index (χ0v) is 21.0. The normalized spacial score (nSPS) is 16.0. The molecule has 1 heterocycles. The molecule has 2 N–H and O–H groups in total. The van der Waals surface area contributed by atoms with E-state index in [-0.39, 0.29) is 30.1 Å². The summed E-state index contributed by atoms with van der Waals surface area (Å²) in [4.78, 5) is 4.34. The maximum Gasteiger partial charge on any atom is 0.191 e. The Morgan fingerprint density at radius 3 is 2.52 bits per heavy atom. The molecule has 170 valence electrons. The quantitative estimate of drug-likeness (QED) is 0.285. The number of nitrogens with one attached hydrogen (secondary N) is 2. The molecule has 3 rings (SSSR count). The molecule has 31 heavy (non-hydrogen) atoms. The summed E-state index contributed by atoms with van der Waals surface area (Å²) in [5.41, 5.74) is 4.67. The summed E-state index contributed by atoms with van der Waals surface area (Å²) in [7, 11) is 1.78.